The highest BCUT2D eigenvalue weighted by atomic mass is 35.5. The molecule has 5 heterocycles. The first kappa shape index (κ1) is 27.1. The molecule has 1 atom stereocenters. The number of aromatic nitrogens is 5. The van der Waals surface area contributed by atoms with Crippen LogP contribution < -0.4 is 15.5 Å². The van der Waals surface area contributed by atoms with E-state index in [4.69, 9.17) is 23.2 Å². The summed E-state index contributed by atoms with van der Waals surface area (Å²) in [5.74, 6) is -0.502. The molecule has 1 aliphatic heterocycles. The number of alkyl halides is 2. The molecule has 1 saturated heterocycles. The van der Waals surface area contributed by atoms with Crippen LogP contribution in [0, 0.1) is 0 Å². The van der Waals surface area contributed by atoms with Gasteiger partial charge in [0.15, 0.2) is 11.3 Å². The van der Waals surface area contributed by atoms with Gasteiger partial charge in [0.2, 0.25) is 0 Å². The lowest BCUT2D eigenvalue weighted by Crippen LogP contribution is -2.37. The summed E-state index contributed by atoms with van der Waals surface area (Å²) in [5, 5.41) is 9.98. The van der Waals surface area contributed by atoms with E-state index in [1.54, 1.807) is 24.5 Å². The first-order valence-corrected chi connectivity index (χ1v) is 12.2. The first-order valence-electron chi connectivity index (χ1n) is 11.4. The number of hydrogen-bond acceptors (Lipinski definition) is 7. The van der Waals surface area contributed by atoms with Crippen LogP contribution in [0.15, 0.2) is 61.2 Å². The van der Waals surface area contributed by atoms with Gasteiger partial charge in [0, 0.05) is 37.7 Å². The highest BCUT2D eigenvalue weighted by molar-refractivity contribution is 6.42. The molecule has 4 aromatic rings. The molecule has 0 spiro atoms. The summed E-state index contributed by atoms with van der Waals surface area (Å²) < 4.78 is 26.1. The molecule has 0 aliphatic carbocycles. The van der Waals surface area contributed by atoms with E-state index < -0.39 is 18.9 Å². The van der Waals surface area contributed by atoms with Gasteiger partial charge in [-0.05, 0) is 36.8 Å². The van der Waals surface area contributed by atoms with Crippen LogP contribution in [0.3, 0.4) is 0 Å². The van der Waals surface area contributed by atoms with Gasteiger partial charge in [0.1, 0.15) is 11.5 Å². The fourth-order valence-corrected chi connectivity index (χ4v) is 3.90. The smallest absolute Gasteiger partial charge is 0.271 e. The van der Waals surface area contributed by atoms with Gasteiger partial charge in [-0.25, -0.2) is 23.3 Å². The van der Waals surface area contributed by atoms with E-state index in [-0.39, 0.29) is 33.4 Å². The molecule has 38 heavy (non-hydrogen) atoms. The SMILES string of the molecule is O=C(N[C@H]1CCN(c2ccc3ncc(C(=O)NCC(F)F)n3n2)C1)c1cc(Cl)c(Cl)cn1.c1ccncc1. The van der Waals surface area contributed by atoms with Crippen molar-refractivity contribution in [1.29, 1.82) is 0 Å². The normalized spacial score (nSPS) is 14.8. The molecular formula is C24H22Cl2F2N8O2. The quantitative estimate of drug-likeness (QED) is 0.369. The maximum Gasteiger partial charge on any atom is 0.271 e. The number of pyridine rings is 2. The average Bonchev–Trinajstić information content (AvgIpc) is 3.57. The topological polar surface area (TPSA) is 117 Å². The van der Waals surface area contributed by atoms with Crippen molar-refractivity contribution in [3.05, 3.63) is 82.6 Å². The molecule has 2 amide bonds. The highest BCUT2D eigenvalue weighted by Gasteiger charge is 2.26. The van der Waals surface area contributed by atoms with Crippen molar-refractivity contribution >= 4 is 46.5 Å². The molecule has 0 bridgehead atoms. The zero-order valence-electron chi connectivity index (χ0n) is 19.8. The largest absolute Gasteiger partial charge is 0.353 e. The maximum atomic E-state index is 12.5. The Balaban J connectivity index is 0.000000494. The third kappa shape index (κ3) is 6.90. The van der Waals surface area contributed by atoms with Crippen molar-refractivity contribution in [1.82, 2.24) is 35.2 Å². The van der Waals surface area contributed by atoms with E-state index in [9.17, 15) is 18.4 Å². The highest BCUT2D eigenvalue weighted by Crippen LogP contribution is 2.22. The second-order valence-electron chi connectivity index (χ2n) is 8.12. The van der Waals surface area contributed by atoms with Gasteiger partial charge < -0.3 is 15.5 Å². The molecule has 0 aromatic carbocycles. The Kier molecular flexibility index (Phi) is 8.98. The number of amides is 2. The van der Waals surface area contributed by atoms with E-state index >= 15 is 0 Å². The van der Waals surface area contributed by atoms with Crippen LogP contribution in [0.5, 0.6) is 0 Å². The molecule has 14 heteroatoms. The van der Waals surface area contributed by atoms with Crippen molar-refractivity contribution in [3.8, 4) is 0 Å². The van der Waals surface area contributed by atoms with Crippen LogP contribution in [-0.2, 0) is 0 Å². The lowest BCUT2D eigenvalue weighted by Gasteiger charge is -2.18. The summed E-state index contributed by atoms with van der Waals surface area (Å²) >= 11 is 11.8. The Morgan fingerprint density at radius 3 is 2.50 bits per heavy atom. The van der Waals surface area contributed by atoms with Crippen LogP contribution in [0.2, 0.25) is 10.0 Å². The minimum absolute atomic E-state index is 0.0530. The van der Waals surface area contributed by atoms with Gasteiger partial charge in [-0.15, -0.1) is 5.10 Å². The van der Waals surface area contributed by atoms with Crippen LogP contribution in [-0.4, -0.2) is 68.5 Å². The Morgan fingerprint density at radius 1 is 1.05 bits per heavy atom. The Hall–Kier alpha value is -3.90. The number of carbonyl (C=O) groups is 2. The van der Waals surface area contributed by atoms with Crippen LogP contribution in [0.4, 0.5) is 14.6 Å². The lowest BCUT2D eigenvalue weighted by atomic mass is 10.2. The monoisotopic (exact) mass is 562 g/mol. The minimum atomic E-state index is -2.66. The predicted octanol–water partition coefficient (Wildman–Crippen LogP) is 3.52. The number of halogens is 4. The second-order valence-corrected chi connectivity index (χ2v) is 8.93. The molecular weight excluding hydrogens is 541 g/mol. The van der Waals surface area contributed by atoms with Gasteiger partial charge in [0.05, 0.1) is 22.8 Å². The summed E-state index contributed by atoms with van der Waals surface area (Å²) in [7, 11) is 0. The molecule has 1 aliphatic rings. The summed E-state index contributed by atoms with van der Waals surface area (Å²) in [4.78, 5) is 38.4. The first-order chi connectivity index (χ1) is 18.3. The number of carbonyl (C=O) groups excluding carboxylic acids is 2. The lowest BCUT2D eigenvalue weighted by molar-refractivity contribution is 0.0884. The zero-order valence-corrected chi connectivity index (χ0v) is 21.3. The second kappa shape index (κ2) is 12.6. The minimum Gasteiger partial charge on any atom is -0.353 e. The van der Waals surface area contributed by atoms with E-state index in [0.29, 0.717) is 31.0 Å². The molecule has 198 valence electrons. The Morgan fingerprint density at radius 2 is 1.84 bits per heavy atom. The molecule has 0 saturated carbocycles. The summed E-state index contributed by atoms with van der Waals surface area (Å²) in [6.45, 7) is 0.333. The molecule has 4 aromatic heterocycles. The summed E-state index contributed by atoms with van der Waals surface area (Å²) in [6.07, 6.45) is 4.11. The number of anilines is 1. The number of hydrogen-bond donors (Lipinski definition) is 2. The third-order valence-corrected chi connectivity index (χ3v) is 6.16. The number of fused-ring (bicyclic) bond motifs is 1. The van der Waals surface area contributed by atoms with Gasteiger partial charge in [-0.2, -0.15) is 0 Å². The molecule has 0 radical (unpaired) electrons. The number of rotatable bonds is 6. The predicted molar refractivity (Wildman–Crippen MR) is 138 cm³/mol. The molecule has 10 nitrogen and oxygen atoms in total. The molecule has 1 fully saturated rings. The summed E-state index contributed by atoms with van der Waals surface area (Å²) in [5.41, 5.74) is 0.623. The average molecular weight is 563 g/mol. The van der Waals surface area contributed by atoms with Gasteiger partial charge >= 0.3 is 0 Å². The van der Waals surface area contributed by atoms with Crippen molar-refractivity contribution < 1.29 is 18.4 Å². The van der Waals surface area contributed by atoms with E-state index in [1.807, 2.05) is 23.1 Å². The maximum absolute atomic E-state index is 12.5. The Labute approximate surface area is 226 Å². The van der Waals surface area contributed by atoms with Crippen molar-refractivity contribution in [3.63, 3.8) is 0 Å². The number of nitrogens with zero attached hydrogens (tertiary/aromatic N) is 6. The van der Waals surface area contributed by atoms with E-state index in [1.165, 1.54) is 23.0 Å². The fourth-order valence-electron chi connectivity index (χ4n) is 3.64. The van der Waals surface area contributed by atoms with Crippen LogP contribution in [0.1, 0.15) is 27.4 Å². The van der Waals surface area contributed by atoms with Crippen LogP contribution >= 0.6 is 23.2 Å². The fraction of sp³-hybridized carbons (Fsp3) is 0.250. The third-order valence-electron chi connectivity index (χ3n) is 5.45. The van der Waals surface area contributed by atoms with Gasteiger partial charge in [-0.1, -0.05) is 29.3 Å². The number of nitrogens with one attached hydrogen (secondary N) is 2. The van der Waals surface area contributed by atoms with Crippen molar-refractivity contribution in [2.24, 2.45) is 0 Å². The number of imidazole rings is 1. The van der Waals surface area contributed by atoms with Gasteiger partial charge in [0.25, 0.3) is 18.2 Å². The van der Waals surface area contributed by atoms with Crippen molar-refractivity contribution in [2.75, 3.05) is 24.5 Å². The van der Waals surface area contributed by atoms with Crippen LogP contribution in [0.25, 0.3) is 5.65 Å². The zero-order chi connectivity index (χ0) is 27.1. The molecule has 0 unspecified atom stereocenters. The summed E-state index contributed by atoms with van der Waals surface area (Å²) in [6, 6.07) is 10.4. The van der Waals surface area contributed by atoms with Gasteiger partial charge in [-0.3, -0.25) is 14.6 Å². The Bertz CT molecular complexity index is 1380. The van der Waals surface area contributed by atoms with E-state index in [2.05, 4.69) is 30.7 Å². The molecule has 5 rings (SSSR count). The molecule has 2 N–H and O–H groups in total. The van der Waals surface area contributed by atoms with E-state index in [0.717, 1.165) is 0 Å². The van der Waals surface area contributed by atoms with Crippen molar-refractivity contribution in [2.45, 2.75) is 18.9 Å². The standard InChI is InChI=1S/C19H17Cl2F2N7O2.C5H5N/c20-11-5-13(24-6-12(11)21)18(31)27-10-3-4-29(9-10)17-2-1-16-25-7-14(30(16)28-17)19(32)26-8-15(22)23;1-2-4-6-5-3-1/h1-2,5-7,10,15H,3-4,8-9H2,(H,26,32)(H,27,31);1-5H/t10-;/m0./s1.